The quantitative estimate of drug-likeness (QED) is 0.895. The maximum absolute atomic E-state index is 12.2. The molecule has 116 valence electrons. The molecule has 1 aliphatic heterocycles. The van der Waals surface area contributed by atoms with Gasteiger partial charge in [-0.25, -0.2) is 4.98 Å². The molecule has 2 aromatic rings. The van der Waals surface area contributed by atoms with Gasteiger partial charge in [0.2, 0.25) is 0 Å². The largest absolute Gasteiger partial charge is 0.350 e. The molecular formula is C14H15ClN4O2S. The second-order valence-electron chi connectivity index (χ2n) is 5.10. The van der Waals surface area contributed by atoms with Crippen LogP contribution in [-0.2, 0) is 0 Å². The predicted octanol–water partition coefficient (Wildman–Crippen LogP) is 1.88. The van der Waals surface area contributed by atoms with Crippen LogP contribution in [-0.4, -0.2) is 35.0 Å². The van der Waals surface area contributed by atoms with E-state index in [-0.39, 0.29) is 17.5 Å². The van der Waals surface area contributed by atoms with Gasteiger partial charge >= 0.3 is 0 Å². The number of aromatic nitrogens is 2. The first-order valence-corrected chi connectivity index (χ1v) is 8.18. The normalized spacial score (nSPS) is 18.2. The molecule has 2 N–H and O–H groups in total. The van der Waals surface area contributed by atoms with E-state index in [0.717, 1.165) is 19.4 Å². The topological polar surface area (TPSA) is 78.1 Å². The first-order chi connectivity index (χ1) is 10.6. The van der Waals surface area contributed by atoms with Crippen LogP contribution in [0.3, 0.4) is 0 Å². The smallest absolute Gasteiger partial charge is 0.290 e. The second-order valence-corrected chi connectivity index (χ2v) is 6.82. The summed E-state index contributed by atoms with van der Waals surface area (Å²) in [6.45, 7) is 1.34. The van der Waals surface area contributed by atoms with E-state index >= 15 is 0 Å². The van der Waals surface area contributed by atoms with Crippen LogP contribution in [0.25, 0.3) is 0 Å². The number of H-pyrrole nitrogens is 1. The monoisotopic (exact) mass is 338 g/mol. The van der Waals surface area contributed by atoms with Crippen LogP contribution >= 0.6 is 22.9 Å². The van der Waals surface area contributed by atoms with E-state index in [4.69, 9.17) is 11.6 Å². The number of hydrogen-bond acceptors (Lipinski definition) is 5. The van der Waals surface area contributed by atoms with Crippen molar-refractivity contribution in [2.45, 2.75) is 18.9 Å². The molecule has 1 fully saturated rings. The van der Waals surface area contributed by atoms with Crippen LogP contribution in [0.4, 0.5) is 5.82 Å². The van der Waals surface area contributed by atoms with Crippen molar-refractivity contribution < 1.29 is 4.79 Å². The molecule has 0 radical (unpaired) electrons. The highest BCUT2D eigenvalue weighted by Crippen LogP contribution is 2.22. The van der Waals surface area contributed by atoms with Gasteiger partial charge in [0.15, 0.2) is 5.82 Å². The number of nitrogens with one attached hydrogen (secondary N) is 2. The number of amides is 1. The zero-order valence-electron chi connectivity index (χ0n) is 11.7. The van der Waals surface area contributed by atoms with E-state index in [0.29, 0.717) is 21.6 Å². The zero-order chi connectivity index (χ0) is 15.5. The van der Waals surface area contributed by atoms with E-state index in [1.54, 1.807) is 18.3 Å². The van der Waals surface area contributed by atoms with Gasteiger partial charge in [-0.1, -0.05) is 11.6 Å². The SMILES string of the molecule is O=C(N[C@H]1CCCN(c2ncc[nH]c2=O)C1)c1ccc(Cl)s1. The lowest BCUT2D eigenvalue weighted by atomic mass is 10.1. The number of carbonyl (C=O) groups is 1. The van der Waals surface area contributed by atoms with E-state index in [1.165, 1.54) is 17.5 Å². The molecule has 0 aromatic carbocycles. The summed E-state index contributed by atoms with van der Waals surface area (Å²) in [6.07, 6.45) is 4.85. The molecule has 1 aliphatic rings. The average Bonchev–Trinajstić information content (AvgIpc) is 2.95. The molecule has 8 heteroatoms. The summed E-state index contributed by atoms with van der Waals surface area (Å²) in [5.41, 5.74) is -0.209. The van der Waals surface area contributed by atoms with Crippen molar-refractivity contribution >= 4 is 34.7 Å². The second kappa shape index (κ2) is 6.50. The number of nitrogens with zero attached hydrogens (tertiary/aromatic N) is 2. The Labute approximate surface area is 136 Å². The molecule has 2 aromatic heterocycles. The van der Waals surface area contributed by atoms with Gasteiger partial charge < -0.3 is 15.2 Å². The molecule has 1 saturated heterocycles. The maximum Gasteiger partial charge on any atom is 0.290 e. The van der Waals surface area contributed by atoms with Crippen molar-refractivity contribution in [2.24, 2.45) is 0 Å². The van der Waals surface area contributed by atoms with Gasteiger partial charge in [0, 0.05) is 31.5 Å². The lowest BCUT2D eigenvalue weighted by Gasteiger charge is -2.33. The average molecular weight is 339 g/mol. The van der Waals surface area contributed by atoms with Crippen molar-refractivity contribution in [1.82, 2.24) is 15.3 Å². The molecule has 22 heavy (non-hydrogen) atoms. The number of piperidine rings is 1. The third-order valence-corrected chi connectivity index (χ3v) is 4.77. The van der Waals surface area contributed by atoms with E-state index in [2.05, 4.69) is 15.3 Å². The molecule has 0 spiro atoms. The minimum absolute atomic E-state index is 0.0106. The first kappa shape index (κ1) is 15.1. The Morgan fingerprint density at radius 1 is 1.50 bits per heavy atom. The van der Waals surface area contributed by atoms with Crippen molar-refractivity contribution in [3.8, 4) is 0 Å². The Morgan fingerprint density at radius 2 is 2.36 bits per heavy atom. The highest BCUT2D eigenvalue weighted by molar-refractivity contribution is 7.17. The highest BCUT2D eigenvalue weighted by atomic mass is 35.5. The number of aromatic amines is 1. The minimum Gasteiger partial charge on any atom is -0.350 e. The summed E-state index contributed by atoms with van der Waals surface area (Å²) >= 11 is 7.11. The number of halogens is 1. The molecule has 0 aliphatic carbocycles. The van der Waals surface area contributed by atoms with Crippen molar-refractivity contribution in [3.05, 3.63) is 44.1 Å². The van der Waals surface area contributed by atoms with E-state index in [1.807, 2.05) is 4.90 Å². The molecule has 0 saturated carbocycles. The van der Waals surface area contributed by atoms with Gasteiger partial charge in [-0.2, -0.15) is 0 Å². The van der Waals surface area contributed by atoms with Gasteiger partial charge in [0.25, 0.3) is 11.5 Å². The first-order valence-electron chi connectivity index (χ1n) is 6.98. The summed E-state index contributed by atoms with van der Waals surface area (Å²) < 4.78 is 0.593. The number of anilines is 1. The van der Waals surface area contributed by atoms with Gasteiger partial charge in [0.1, 0.15) is 0 Å². The van der Waals surface area contributed by atoms with Crippen molar-refractivity contribution in [3.63, 3.8) is 0 Å². The molecular weight excluding hydrogens is 324 g/mol. The fraction of sp³-hybridized carbons (Fsp3) is 0.357. The predicted molar refractivity (Wildman–Crippen MR) is 86.9 cm³/mol. The van der Waals surface area contributed by atoms with Crippen molar-refractivity contribution in [2.75, 3.05) is 18.0 Å². The van der Waals surface area contributed by atoms with Gasteiger partial charge in [0.05, 0.1) is 9.21 Å². The molecule has 0 bridgehead atoms. The maximum atomic E-state index is 12.2. The number of thiophene rings is 1. The van der Waals surface area contributed by atoms with Crippen LogP contribution < -0.4 is 15.8 Å². The lowest BCUT2D eigenvalue weighted by molar-refractivity contribution is 0.0937. The van der Waals surface area contributed by atoms with Gasteiger partial charge in [-0.15, -0.1) is 11.3 Å². The Kier molecular flexibility index (Phi) is 4.44. The third kappa shape index (κ3) is 3.31. The summed E-state index contributed by atoms with van der Waals surface area (Å²) in [5.74, 6) is 0.277. The third-order valence-electron chi connectivity index (χ3n) is 3.54. The summed E-state index contributed by atoms with van der Waals surface area (Å²) in [5, 5.41) is 3.00. The van der Waals surface area contributed by atoms with Gasteiger partial charge in [-0.05, 0) is 25.0 Å². The van der Waals surface area contributed by atoms with Crippen LogP contribution in [0.15, 0.2) is 29.3 Å². The molecule has 1 amide bonds. The Bertz CT molecular complexity index is 729. The summed E-state index contributed by atoms with van der Waals surface area (Å²) in [4.78, 5) is 33.2. The van der Waals surface area contributed by atoms with Crippen LogP contribution in [0.5, 0.6) is 0 Å². The summed E-state index contributed by atoms with van der Waals surface area (Å²) in [6, 6.07) is 3.41. The fourth-order valence-electron chi connectivity index (χ4n) is 2.55. The van der Waals surface area contributed by atoms with Crippen molar-refractivity contribution in [1.29, 1.82) is 0 Å². The molecule has 3 rings (SSSR count). The lowest BCUT2D eigenvalue weighted by Crippen LogP contribution is -2.49. The highest BCUT2D eigenvalue weighted by Gasteiger charge is 2.24. The number of rotatable bonds is 3. The number of hydrogen-bond donors (Lipinski definition) is 2. The van der Waals surface area contributed by atoms with Crippen LogP contribution in [0, 0.1) is 0 Å². The minimum atomic E-state index is -0.209. The van der Waals surface area contributed by atoms with Crippen LogP contribution in [0.2, 0.25) is 4.34 Å². The van der Waals surface area contributed by atoms with E-state index in [9.17, 15) is 9.59 Å². The Hall–Kier alpha value is -1.86. The Balaban J connectivity index is 1.67. The standard InChI is InChI=1S/C14H15ClN4O2S/c15-11-4-3-10(22-11)13(20)18-9-2-1-7-19(8-9)12-14(21)17-6-5-16-12/h3-6,9H,1-2,7-8H2,(H,17,21)(H,18,20)/t9-/m0/s1. The zero-order valence-corrected chi connectivity index (χ0v) is 13.3. The van der Waals surface area contributed by atoms with Gasteiger partial charge in [-0.3, -0.25) is 9.59 Å². The molecule has 0 unspecified atom stereocenters. The number of carbonyl (C=O) groups excluding carboxylic acids is 1. The van der Waals surface area contributed by atoms with Crippen LogP contribution in [0.1, 0.15) is 22.5 Å². The van der Waals surface area contributed by atoms with E-state index < -0.39 is 0 Å². The molecule has 1 atom stereocenters. The fourth-order valence-corrected chi connectivity index (χ4v) is 3.50. The Morgan fingerprint density at radius 3 is 3.09 bits per heavy atom. The molecule has 3 heterocycles. The molecule has 6 nitrogen and oxygen atoms in total. The summed E-state index contributed by atoms with van der Waals surface area (Å²) in [7, 11) is 0.